The molecule has 4 heteroatoms. The topological polar surface area (TPSA) is 52.6 Å². The number of hydrogen-bond donors (Lipinski definition) is 0. The quantitative estimate of drug-likeness (QED) is 0.513. The molecule has 2 aliphatic rings. The van der Waals surface area contributed by atoms with Crippen LogP contribution in [0.1, 0.15) is 106 Å². The van der Waals surface area contributed by atoms with E-state index in [2.05, 4.69) is 41.5 Å². The molecule has 2 fully saturated rings. The van der Waals surface area contributed by atoms with Gasteiger partial charge in [0.15, 0.2) is 6.61 Å². The summed E-state index contributed by atoms with van der Waals surface area (Å²) in [6.45, 7) is 12.3. The fourth-order valence-corrected chi connectivity index (χ4v) is 5.04. The van der Waals surface area contributed by atoms with E-state index in [1.807, 2.05) is 0 Å². The maximum atomic E-state index is 12.8. The van der Waals surface area contributed by atoms with E-state index in [-0.39, 0.29) is 40.9 Å². The van der Waals surface area contributed by atoms with Crippen LogP contribution in [0.15, 0.2) is 0 Å². The number of hydrogen-bond acceptors (Lipinski definition) is 4. The molecule has 28 heavy (non-hydrogen) atoms. The van der Waals surface area contributed by atoms with Crippen LogP contribution in [0.5, 0.6) is 0 Å². The third-order valence-electron chi connectivity index (χ3n) is 6.59. The second-order valence-corrected chi connectivity index (χ2v) is 11.4. The minimum atomic E-state index is -0.371. The zero-order valence-corrected chi connectivity index (χ0v) is 19.1. The first-order chi connectivity index (χ1) is 12.9. The lowest BCUT2D eigenvalue weighted by molar-refractivity contribution is -0.178. The second kappa shape index (κ2) is 9.17. The first-order valence-corrected chi connectivity index (χ1v) is 11.3. The van der Waals surface area contributed by atoms with Crippen molar-refractivity contribution in [3.63, 3.8) is 0 Å². The van der Waals surface area contributed by atoms with Crippen LogP contribution >= 0.6 is 0 Å². The average molecular weight is 395 g/mol. The lowest BCUT2D eigenvalue weighted by Crippen LogP contribution is -2.42. The fraction of sp³-hybridized carbons (Fsp3) is 0.917. The molecule has 0 radical (unpaired) electrons. The van der Waals surface area contributed by atoms with Crippen LogP contribution in [0.2, 0.25) is 0 Å². The molecule has 4 nitrogen and oxygen atoms in total. The van der Waals surface area contributed by atoms with Gasteiger partial charge in [-0.15, -0.1) is 0 Å². The molecule has 0 N–H and O–H groups in total. The Hall–Kier alpha value is -1.06. The highest BCUT2D eigenvalue weighted by Gasteiger charge is 2.45. The Labute approximate surface area is 172 Å². The standard InChI is InChI=1S/C24H42O4/c1-22(2,3)16-19(23(4,5)6)21(26)27-17-20(25)28-24(14-10-11-15-24)18-12-8-7-9-13-18/h18-19H,7-17H2,1-6H3. The third-order valence-corrected chi connectivity index (χ3v) is 6.59. The first kappa shape index (κ1) is 23.2. The number of carbonyl (C=O) groups is 2. The molecule has 1 atom stereocenters. The monoisotopic (exact) mass is 394 g/mol. The van der Waals surface area contributed by atoms with E-state index in [9.17, 15) is 9.59 Å². The maximum absolute atomic E-state index is 12.8. The molecular weight excluding hydrogens is 352 g/mol. The molecule has 0 aromatic rings. The van der Waals surface area contributed by atoms with Crippen molar-refractivity contribution in [2.75, 3.05) is 6.61 Å². The molecule has 0 aromatic carbocycles. The van der Waals surface area contributed by atoms with Gasteiger partial charge in [-0.3, -0.25) is 4.79 Å². The molecule has 0 amide bonds. The van der Waals surface area contributed by atoms with Crippen LogP contribution in [0.3, 0.4) is 0 Å². The summed E-state index contributed by atoms with van der Waals surface area (Å²) in [5.41, 5.74) is -0.492. The van der Waals surface area contributed by atoms with Crippen LogP contribution in [0.25, 0.3) is 0 Å². The fourth-order valence-electron chi connectivity index (χ4n) is 5.04. The van der Waals surface area contributed by atoms with E-state index in [0.717, 1.165) is 44.9 Å². The van der Waals surface area contributed by atoms with Crippen molar-refractivity contribution in [3.8, 4) is 0 Å². The molecule has 2 saturated carbocycles. The van der Waals surface area contributed by atoms with Crippen molar-refractivity contribution >= 4 is 11.9 Å². The Kier molecular flexibility index (Phi) is 7.61. The lowest BCUT2D eigenvalue weighted by Gasteiger charge is -2.39. The summed E-state index contributed by atoms with van der Waals surface area (Å²) in [7, 11) is 0. The number of esters is 2. The van der Waals surface area contributed by atoms with Gasteiger partial charge >= 0.3 is 11.9 Å². The summed E-state index contributed by atoms with van der Waals surface area (Å²) < 4.78 is 11.5. The zero-order valence-electron chi connectivity index (χ0n) is 19.1. The lowest BCUT2D eigenvalue weighted by atomic mass is 9.72. The largest absolute Gasteiger partial charge is 0.456 e. The Balaban J connectivity index is 1.94. The van der Waals surface area contributed by atoms with E-state index in [1.165, 1.54) is 19.3 Å². The molecule has 0 spiro atoms. The Morgan fingerprint density at radius 3 is 2.00 bits per heavy atom. The molecule has 0 heterocycles. The normalized spacial score (nSPS) is 21.9. The molecule has 1 unspecified atom stereocenters. The van der Waals surface area contributed by atoms with E-state index < -0.39 is 0 Å². The van der Waals surface area contributed by atoms with Gasteiger partial charge in [0.2, 0.25) is 0 Å². The van der Waals surface area contributed by atoms with E-state index in [0.29, 0.717) is 5.92 Å². The number of carbonyl (C=O) groups excluding carboxylic acids is 2. The van der Waals surface area contributed by atoms with Crippen LogP contribution in [0.4, 0.5) is 0 Å². The van der Waals surface area contributed by atoms with Gasteiger partial charge in [-0.2, -0.15) is 0 Å². The molecule has 0 aliphatic heterocycles. The molecule has 2 rings (SSSR count). The minimum Gasteiger partial charge on any atom is -0.456 e. The molecule has 162 valence electrons. The maximum Gasteiger partial charge on any atom is 0.344 e. The van der Waals surface area contributed by atoms with Gasteiger partial charge in [0.1, 0.15) is 5.60 Å². The molecule has 2 aliphatic carbocycles. The van der Waals surface area contributed by atoms with Gasteiger partial charge in [-0.05, 0) is 61.7 Å². The Morgan fingerprint density at radius 1 is 0.929 bits per heavy atom. The van der Waals surface area contributed by atoms with Gasteiger partial charge in [0.05, 0.1) is 5.92 Å². The van der Waals surface area contributed by atoms with Crippen molar-refractivity contribution in [2.45, 2.75) is 111 Å². The summed E-state index contributed by atoms with van der Waals surface area (Å²) in [4.78, 5) is 25.4. The highest BCUT2D eigenvalue weighted by atomic mass is 16.6. The van der Waals surface area contributed by atoms with Crippen molar-refractivity contribution in [1.82, 2.24) is 0 Å². The predicted molar refractivity (Wildman–Crippen MR) is 112 cm³/mol. The van der Waals surface area contributed by atoms with Crippen molar-refractivity contribution in [2.24, 2.45) is 22.7 Å². The molecule has 0 bridgehead atoms. The summed E-state index contributed by atoms with van der Waals surface area (Å²) in [5.74, 6) is -0.410. The van der Waals surface area contributed by atoms with Crippen molar-refractivity contribution in [1.29, 1.82) is 0 Å². The van der Waals surface area contributed by atoms with Crippen molar-refractivity contribution < 1.29 is 19.1 Å². The molecule has 0 saturated heterocycles. The van der Waals surface area contributed by atoms with Crippen LogP contribution < -0.4 is 0 Å². The predicted octanol–water partition coefficient (Wildman–Crippen LogP) is 6.06. The highest BCUT2D eigenvalue weighted by Crippen LogP contribution is 2.45. The van der Waals surface area contributed by atoms with Crippen molar-refractivity contribution in [3.05, 3.63) is 0 Å². The summed E-state index contributed by atoms with van der Waals surface area (Å²) >= 11 is 0. The summed E-state index contributed by atoms with van der Waals surface area (Å²) in [5, 5.41) is 0. The van der Waals surface area contributed by atoms with Crippen LogP contribution in [-0.4, -0.2) is 24.1 Å². The van der Waals surface area contributed by atoms with Gasteiger partial charge in [0, 0.05) is 0 Å². The third kappa shape index (κ3) is 6.49. The van der Waals surface area contributed by atoms with Gasteiger partial charge < -0.3 is 9.47 Å². The smallest absolute Gasteiger partial charge is 0.344 e. The molecular formula is C24H42O4. The highest BCUT2D eigenvalue weighted by molar-refractivity contribution is 5.78. The van der Waals surface area contributed by atoms with Gasteiger partial charge in [-0.1, -0.05) is 60.8 Å². The first-order valence-electron chi connectivity index (χ1n) is 11.3. The van der Waals surface area contributed by atoms with E-state index in [1.54, 1.807) is 0 Å². The zero-order chi connectivity index (χ0) is 21.0. The minimum absolute atomic E-state index is 0.0202. The molecule has 0 aromatic heterocycles. The summed E-state index contributed by atoms with van der Waals surface area (Å²) in [6, 6.07) is 0. The van der Waals surface area contributed by atoms with E-state index >= 15 is 0 Å². The van der Waals surface area contributed by atoms with Crippen LogP contribution in [-0.2, 0) is 19.1 Å². The van der Waals surface area contributed by atoms with Gasteiger partial charge in [0.25, 0.3) is 0 Å². The second-order valence-electron chi connectivity index (χ2n) is 11.4. The van der Waals surface area contributed by atoms with E-state index in [4.69, 9.17) is 9.47 Å². The number of rotatable bonds is 6. The Bertz CT molecular complexity index is 526. The van der Waals surface area contributed by atoms with Gasteiger partial charge in [-0.25, -0.2) is 4.79 Å². The average Bonchev–Trinajstić information content (AvgIpc) is 3.06. The van der Waals surface area contributed by atoms with Crippen LogP contribution in [0, 0.1) is 22.7 Å². The number of ether oxygens (including phenoxy) is 2. The Morgan fingerprint density at radius 2 is 1.50 bits per heavy atom. The summed E-state index contributed by atoms with van der Waals surface area (Å²) in [6.07, 6.45) is 11.0. The SMILES string of the molecule is CC(C)(C)CC(C(=O)OCC(=O)OC1(C2CCCCC2)CCCC1)C(C)(C)C.